The van der Waals surface area contributed by atoms with E-state index in [2.05, 4.69) is 216 Å². The summed E-state index contributed by atoms with van der Waals surface area (Å²) in [6.07, 6.45) is 18.9. The van der Waals surface area contributed by atoms with Gasteiger partial charge in [0.05, 0.1) is 38.5 Å². The Morgan fingerprint density at radius 1 is 0.583 bits per heavy atom. The van der Waals surface area contributed by atoms with Gasteiger partial charge in [0.2, 0.25) is 28.3 Å². The van der Waals surface area contributed by atoms with E-state index >= 15 is 0 Å². The van der Waals surface area contributed by atoms with Crippen molar-refractivity contribution in [3.8, 4) is 39.4 Å². The summed E-state index contributed by atoms with van der Waals surface area (Å²) in [5.74, 6) is -3.82. The number of carboxylic acids is 4. The number of aromatic amines is 2. The first-order valence-electron chi connectivity index (χ1n) is 42.0. The van der Waals surface area contributed by atoms with Gasteiger partial charge in [-0.1, -0.05) is 153 Å². The number of nitrogens with zero attached hydrogens (tertiary/aromatic N) is 4. The van der Waals surface area contributed by atoms with Gasteiger partial charge in [0, 0.05) is 176 Å². The van der Waals surface area contributed by atoms with E-state index in [0.29, 0.717) is 62.3 Å². The lowest BCUT2D eigenvalue weighted by Crippen LogP contribution is -3.00. The first-order valence-corrected chi connectivity index (χ1v) is 42.9. The number of benzene rings is 10. The second-order valence-corrected chi connectivity index (χ2v) is 33.9. The zero-order valence-electron chi connectivity index (χ0n) is 71.8. The maximum atomic E-state index is 12.3. The van der Waals surface area contributed by atoms with E-state index in [1.165, 1.54) is 67.0 Å². The highest BCUT2D eigenvalue weighted by Crippen LogP contribution is 2.49. The van der Waals surface area contributed by atoms with E-state index < -0.39 is 23.9 Å². The van der Waals surface area contributed by atoms with E-state index in [9.17, 15) is 29.1 Å². The SMILES string of the molecule is CN1c2ccccc2SC1Cc1cc[n+](CCCCC(=O)O)c2ccccc12.C[N+]1=C(/C=C/C=C/C=C2\N(CCCCCC(=O)O)c3ccccc3C2(C)C)C(C)(C)c2ccccc21.N=C(N)c1ccc(-c2[nH]c3cc(C(=N)N)ccc3c2-c2cc(NC(=O)CCCC(=O)O)ccc2O)cc1.Nc1ccc2c(c1)[nH+]c(-c1ccc(C(=O)O)cc1)c1cc(N)ccc12.[Cl-]. The van der Waals surface area contributed by atoms with Crippen molar-refractivity contribution >= 4 is 137 Å². The van der Waals surface area contributed by atoms with Gasteiger partial charge in [0.15, 0.2) is 11.9 Å². The molecule has 0 aliphatic carbocycles. The Morgan fingerprint density at radius 2 is 1.20 bits per heavy atom. The number of aromatic nitrogens is 3. The largest absolute Gasteiger partial charge is 1.00 e. The number of H-pyrrole nitrogens is 2. The Kier molecular flexibility index (Phi) is 29.3. The number of nitrogens with two attached hydrogens (primary N) is 4. The van der Waals surface area contributed by atoms with E-state index in [1.807, 2.05) is 66.4 Å². The average molecular weight is 1740 g/mol. The molecular weight excluding hydrogens is 1630 g/mol. The molecule has 3 aliphatic heterocycles. The number of nitrogens with one attached hydrogen (secondary N) is 5. The van der Waals surface area contributed by atoms with Gasteiger partial charge in [-0.25, -0.2) is 9.78 Å². The summed E-state index contributed by atoms with van der Waals surface area (Å²) in [6.45, 7) is 10.9. The van der Waals surface area contributed by atoms with E-state index in [4.69, 9.17) is 54.2 Å². The molecule has 1 amide bonds. The molecule has 0 saturated heterocycles. The number of hydrogen-bond acceptors (Lipinski definition) is 13. The number of thioether (sulfide) groups is 1. The van der Waals surface area contributed by atoms with Gasteiger partial charge in [0.25, 0.3) is 0 Å². The number of fused-ring (bicyclic) bond motifs is 8. The number of pyridine rings is 2. The Bertz CT molecular complexity index is 6500. The molecular formula is C102H106ClN13O10S+2. The first kappa shape index (κ1) is 91.8. The molecule has 650 valence electrons. The maximum Gasteiger partial charge on any atom is 0.335 e. The summed E-state index contributed by atoms with van der Waals surface area (Å²) in [5, 5.41) is 70.2. The number of carboxylic acid groups (broad SMARTS) is 4. The number of phenols is 1. The van der Waals surface area contributed by atoms with Crippen LogP contribution in [0.1, 0.15) is 130 Å². The molecule has 25 heteroatoms. The van der Waals surface area contributed by atoms with Crippen LogP contribution in [0.5, 0.6) is 5.75 Å². The highest BCUT2D eigenvalue weighted by Gasteiger charge is 2.43. The van der Waals surface area contributed by atoms with Crippen LogP contribution >= 0.6 is 11.8 Å². The van der Waals surface area contributed by atoms with Gasteiger partial charge >= 0.3 is 23.9 Å². The topological polar surface area (TPSA) is 394 Å². The standard InChI is InChI=1S/C32H38N2O2.C27H26N6O4.C23H24N2O2S.C20H15N3O2.ClH/c1-31(2)24-16-11-13-18-26(24)33(5)28(31)20-8-6-9-21-29-32(3,4)25-17-12-14-19-27(25)34(29)23-15-7-10-22-30(35)36;28-26(29)15-6-4-14(5-7-15)25-24(18-10-8-16(27(30)31)12-20(18)33-25)19-13-17(9-11-21(19)34)32-22(35)2-1-3-23(36)37;1-24-20-10-4-5-11-21(20)28-22(24)16-17-13-15-25(14-7-6-12-23(26)27)19-9-3-2-8-18(17)19;21-13-5-7-15-16-8-6-14(22)10-18(16)23-19(17(15)9-13)11-1-3-12(4-2-11)20(24)25;/h6,8-9,11-14,16-21H,7,10,15,22-23H2,1-5H3;4-13,33-34H,1-3H2,(H3,28,29)(H3,30,31)(H,32,35)(H,36,37);2-5,8-11,13,15,22H,6-7,12,14,16H2,1H3;1-10H,21-22H2,(H,24,25);1H/p+2. The van der Waals surface area contributed by atoms with Crippen LogP contribution in [-0.4, -0.2) is 108 Å². The molecule has 0 bridgehead atoms. The molecule has 0 saturated carbocycles. The number of carbonyl (C=O) groups excluding carboxylic acids is 1. The smallest absolute Gasteiger partial charge is 0.335 e. The molecule has 1 atom stereocenters. The lowest BCUT2D eigenvalue weighted by atomic mass is 9.81. The molecule has 16 rings (SSSR count). The highest BCUT2D eigenvalue weighted by atomic mass is 35.5. The number of hydrogen-bond donors (Lipinski definition) is 13. The molecule has 13 aromatic rings. The van der Waals surface area contributed by atoms with Gasteiger partial charge in [-0.3, -0.25) is 30.0 Å². The summed E-state index contributed by atoms with van der Waals surface area (Å²) in [6, 6.07) is 72.0. The quantitative estimate of drug-likeness (QED) is 0.00332. The molecule has 127 heavy (non-hydrogen) atoms. The number of unbranched alkanes of at least 4 members (excludes halogenated alkanes) is 3. The van der Waals surface area contributed by atoms with Crippen molar-refractivity contribution in [2.75, 3.05) is 47.2 Å². The third-order valence-corrected chi connectivity index (χ3v) is 24.8. The third-order valence-electron chi connectivity index (χ3n) is 23.4. The molecule has 10 aromatic carbocycles. The Morgan fingerprint density at radius 3 is 1.89 bits per heavy atom. The number of aromatic carboxylic acids is 1. The Labute approximate surface area is 748 Å². The molecule has 23 nitrogen and oxygen atoms in total. The van der Waals surface area contributed by atoms with Crippen LogP contribution in [0.15, 0.2) is 272 Å². The predicted octanol–water partition coefficient (Wildman–Crippen LogP) is 15.9. The van der Waals surface area contributed by atoms with Gasteiger partial charge < -0.3 is 81.0 Å². The van der Waals surface area contributed by atoms with Crippen molar-refractivity contribution < 1.29 is 76.0 Å². The molecule has 0 radical (unpaired) electrons. The van der Waals surface area contributed by atoms with Crippen molar-refractivity contribution in [3.63, 3.8) is 0 Å². The lowest BCUT2D eigenvalue weighted by molar-refractivity contribution is -0.671. The summed E-state index contributed by atoms with van der Waals surface area (Å²) in [4.78, 5) is 68.6. The van der Waals surface area contributed by atoms with Gasteiger partial charge in [-0.05, 0) is 159 Å². The molecule has 3 aliphatic rings. The number of aryl methyl sites for hydroxylation is 1. The maximum absolute atomic E-state index is 12.3. The van der Waals surface area contributed by atoms with Crippen LogP contribution < -0.4 is 60.0 Å². The van der Waals surface area contributed by atoms with E-state index in [-0.39, 0.29) is 84.2 Å². The number of para-hydroxylation sites is 4. The normalized spacial score (nSPS) is 14.2. The van der Waals surface area contributed by atoms with Crippen LogP contribution in [0.4, 0.5) is 34.1 Å². The van der Waals surface area contributed by atoms with Crippen molar-refractivity contribution in [3.05, 3.63) is 300 Å². The summed E-state index contributed by atoms with van der Waals surface area (Å²) in [7, 11) is 4.32. The number of aromatic hydroxyl groups is 1. The number of allylic oxidation sites excluding steroid dienone is 6. The number of amidine groups is 2. The zero-order chi connectivity index (χ0) is 89.7. The highest BCUT2D eigenvalue weighted by molar-refractivity contribution is 8.00. The number of carbonyl (C=O) groups is 5. The number of phenolic OH excluding ortho intramolecular Hbond substituents is 1. The van der Waals surface area contributed by atoms with Crippen molar-refractivity contribution in [1.82, 2.24) is 4.98 Å². The fourth-order valence-corrected chi connectivity index (χ4v) is 18.2. The van der Waals surface area contributed by atoms with Crippen LogP contribution in [0.2, 0.25) is 0 Å². The van der Waals surface area contributed by atoms with Crippen LogP contribution in [-0.2, 0) is 43.0 Å². The molecule has 1 unspecified atom stereocenters. The minimum atomic E-state index is -0.962. The Hall–Kier alpha value is -14.4. The number of rotatable bonds is 27. The molecule has 0 fully saturated rings. The van der Waals surface area contributed by atoms with Crippen LogP contribution in [0, 0.1) is 10.8 Å². The van der Waals surface area contributed by atoms with Crippen molar-refractivity contribution in [1.29, 1.82) is 10.8 Å². The molecule has 0 spiro atoms. The average Bonchev–Trinajstić information content (AvgIpc) is 1.52. The fourth-order valence-electron chi connectivity index (χ4n) is 16.9. The van der Waals surface area contributed by atoms with Gasteiger partial charge in [0.1, 0.15) is 31.0 Å². The fraction of sp³-hybridized carbons (Fsp3) is 0.216. The van der Waals surface area contributed by atoms with Crippen LogP contribution in [0.25, 0.3) is 77.1 Å². The Balaban J connectivity index is 0.000000155. The summed E-state index contributed by atoms with van der Waals surface area (Å²) in [5.41, 5.74) is 43.8. The number of halogens is 1. The summed E-state index contributed by atoms with van der Waals surface area (Å²) < 4.78 is 4.54. The zero-order valence-corrected chi connectivity index (χ0v) is 73.3. The number of anilines is 5. The van der Waals surface area contributed by atoms with Gasteiger partial charge in [-0.2, -0.15) is 9.14 Å². The van der Waals surface area contributed by atoms with E-state index in [0.717, 1.165) is 89.1 Å². The van der Waals surface area contributed by atoms with Gasteiger partial charge in [-0.15, -0.1) is 0 Å². The lowest BCUT2D eigenvalue weighted by Gasteiger charge is -2.27. The first-order chi connectivity index (χ1) is 60.4. The second-order valence-electron chi connectivity index (χ2n) is 32.7. The van der Waals surface area contributed by atoms with Crippen molar-refractivity contribution in [2.24, 2.45) is 11.5 Å². The number of nitrogen functional groups attached to an aromatic ring is 4. The number of aliphatic carboxylic acids is 3. The number of likely N-dealkylation sites (N-methyl/N-ethyl adjacent to an activating group) is 1. The van der Waals surface area contributed by atoms with Crippen molar-refractivity contribution in [2.45, 2.75) is 126 Å². The second kappa shape index (κ2) is 40.5. The summed E-state index contributed by atoms with van der Waals surface area (Å²) >= 11 is 1.93. The monoisotopic (exact) mass is 1740 g/mol. The third kappa shape index (κ3) is 21.2. The van der Waals surface area contributed by atoms with Crippen LogP contribution in [0.3, 0.4) is 0 Å². The molecule has 6 heterocycles. The number of amides is 1. The minimum absolute atomic E-state index is 0. The minimum Gasteiger partial charge on any atom is -1.00 e. The van der Waals surface area contributed by atoms with E-state index in [1.54, 1.807) is 60.7 Å². The predicted molar refractivity (Wildman–Crippen MR) is 506 cm³/mol. The molecule has 3 aromatic heterocycles. The molecule has 18 N–H and O–H groups in total.